The van der Waals surface area contributed by atoms with Gasteiger partial charge in [-0.05, 0) is 37.2 Å². The Morgan fingerprint density at radius 1 is 1.37 bits per heavy atom. The third kappa shape index (κ3) is 3.30. The highest BCUT2D eigenvalue weighted by Gasteiger charge is 2.17. The second-order valence-electron chi connectivity index (χ2n) is 4.42. The fourth-order valence-corrected chi connectivity index (χ4v) is 2.52. The molecule has 0 radical (unpaired) electrons. The van der Waals surface area contributed by atoms with Crippen molar-refractivity contribution in [3.05, 3.63) is 51.8 Å². The first kappa shape index (κ1) is 14.4. The van der Waals surface area contributed by atoms with Crippen LogP contribution in [0.1, 0.15) is 30.5 Å². The van der Waals surface area contributed by atoms with Crippen molar-refractivity contribution in [1.82, 2.24) is 15.1 Å². The molecule has 0 fully saturated rings. The second kappa shape index (κ2) is 6.42. The average Bonchev–Trinajstić information content (AvgIpc) is 2.83. The summed E-state index contributed by atoms with van der Waals surface area (Å²) in [5.41, 5.74) is 2.05. The number of aryl methyl sites for hydroxylation is 1. The molecule has 0 aliphatic heterocycles. The van der Waals surface area contributed by atoms with Crippen LogP contribution in [0.2, 0.25) is 10.0 Å². The van der Waals surface area contributed by atoms with Crippen molar-refractivity contribution in [3.8, 4) is 0 Å². The summed E-state index contributed by atoms with van der Waals surface area (Å²) >= 11 is 12.3. The van der Waals surface area contributed by atoms with Crippen LogP contribution in [0.5, 0.6) is 0 Å². The maximum Gasteiger partial charge on any atom is 0.0620 e. The molecule has 0 spiro atoms. The number of nitrogens with one attached hydrogen (secondary N) is 1. The minimum absolute atomic E-state index is 0.00296. The molecule has 1 N–H and O–H groups in total. The molecular weight excluding hydrogens is 281 g/mol. The summed E-state index contributed by atoms with van der Waals surface area (Å²) < 4.78 is 1.94. The van der Waals surface area contributed by atoms with Gasteiger partial charge >= 0.3 is 0 Å². The molecule has 0 saturated carbocycles. The minimum Gasteiger partial charge on any atom is -0.309 e. The lowest BCUT2D eigenvalue weighted by molar-refractivity contribution is 0.600. The van der Waals surface area contributed by atoms with Gasteiger partial charge in [0.15, 0.2) is 0 Å². The molecule has 3 nitrogen and oxygen atoms in total. The molecule has 1 unspecified atom stereocenters. The van der Waals surface area contributed by atoms with Crippen LogP contribution in [0.3, 0.4) is 0 Å². The Morgan fingerprint density at radius 3 is 2.84 bits per heavy atom. The number of rotatable bonds is 5. The van der Waals surface area contributed by atoms with Gasteiger partial charge < -0.3 is 5.32 Å². The largest absolute Gasteiger partial charge is 0.309 e. The Labute approximate surface area is 123 Å². The van der Waals surface area contributed by atoms with Gasteiger partial charge in [-0.3, -0.25) is 4.68 Å². The summed E-state index contributed by atoms with van der Waals surface area (Å²) in [6, 6.07) is 5.50. The van der Waals surface area contributed by atoms with E-state index < -0.39 is 0 Å². The van der Waals surface area contributed by atoms with Gasteiger partial charge in [-0.2, -0.15) is 5.10 Å². The van der Waals surface area contributed by atoms with Crippen LogP contribution in [0.4, 0.5) is 0 Å². The highest BCUT2D eigenvalue weighted by Crippen LogP contribution is 2.30. The minimum atomic E-state index is -0.00296. The first-order valence-electron chi connectivity index (χ1n) is 6.30. The normalized spacial score (nSPS) is 12.6. The van der Waals surface area contributed by atoms with E-state index in [1.807, 2.05) is 36.3 Å². The van der Waals surface area contributed by atoms with Gasteiger partial charge in [0, 0.05) is 28.4 Å². The molecule has 0 saturated heterocycles. The maximum absolute atomic E-state index is 6.26. The zero-order valence-electron chi connectivity index (χ0n) is 11.0. The number of benzene rings is 1. The monoisotopic (exact) mass is 297 g/mol. The predicted octanol–water partition coefficient (Wildman–Crippen LogP) is 3.91. The standard InChI is InChI=1S/C14H17Cl2N3/c1-3-6-19-9-10(8-18-19)14(17-2)12-7-11(15)4-5-13(12)16/h4-5,7-9,14,17H,3,6H2,1-2H3. The Bertz CT molecular complexity index is 551. The van der Waals surface area contributed by atoms with Crippen LogP contribution in [-0.4, -0.2) is 16.8 Å². The molecule has 1 aromatic carbocycles. The summed E-state index contributed by atoms with van der Waals surface area (Å²) in [4.78, 5) is 0. The van der Waals surface area contributed by atoms with Crippen molar-refractivity contribution in [2.75, 3.05) is 7.05 Å². The Kier molecular flexibility index (Phi) is 4.86. The fraction of sp³-hybridized carbons (Fsp3) is 0.357. The molecule has 0 aliphatic rings. The fourth-order valence-electron chi connectivity index (χ4n) is 2.12. The lowest BCUT2D eigenvalue weighted by Crippen LogP contribution is -2.17. The molecule has 1 aromatic heterocycles. The van der Waals surface area contributed by atoms with Crippen molar-refractivity contribution >= 4 is 23.2 Å². The summed E-state index contributed by atoms with van der Waals surface area (Å²) in [6.45, 7) is 3.05. The molecule has 2 rings (SSSR count). The third-order valence-corrected chi connectivity index (χ3v) is 3.58. The number of nitrogens with zero attached hydrogens (tertiary/aromatic N) is 2. The number of aromatic nitrogens is 2. The van der Waals surface area contributed by atoms with Crippen LogP contribution >= 0.6 is 23.2 Å². The van der Waals surface area contributed by atoms with E-state index in [2.05, 4.69) is 17.3 Å². The first-order chi connectivity index (χ1) is 9.15. The molecule has 1 heterocycles. The lowest BCUT2D eigenvalue weighted by Gasteiger charge is -2.16. The van der Waals surface area contributed by atoms with Gasteiger partial charge in [-0.15, -0.1) is 0 Å². The number of hydrogen-bond acceptors (Lipinski definition) is 2. The molecular formula is C14H17Cl2N3. The van der Waals surface area contributed by atoms with Crippen molar-refractivity contribution in [2.24, 2.45) is 0 Å². The zero-order chi connectivity index (χ0) is 13.8. The van der Waals surface area contributed by atoms with Gasteiger partial charge in [0.25, 0.3) is 0 Å². The highest BCUT2D eigenvalue weighted by atomic mass is 35.5. The van der Waals surface area contributed by atoms with Gasteiger partial charge in [0.05, 0.1) is 12.2 Å². The van der Waals surface area contributed by atoms with Crippen molar-refractivity contribution in [1.29, 1.82) is 0 Å². The molecule has 2 aromatic rings. The Balaban J connectivity index is 2.35. The Hall–Kier alpha value is -1.03. The SMILES string of the molecule is CCCn1cc(C(NC)c2cc(Cl)ccc2Cl)cn1. The topological polar surface area (TPSA) is 29.9 Å². The summed E-state index contributed by atoms with van der Waals surface area (Å²) in [7, 11) is 1.90. The molecule has 0 amide bonds. The second-order valence-corrected chi connectivity index (χ2v) is 5.27. The predicted molar refractivity (Wildman–Crippen MR) is 79.9 cm³/mol. The molecule has 1 atom stereocenters. The number of hydrogen-bond donors (Lipinski definition) is 1. The van der Waals surface area contributed by atoms with Crippen molar-refractivity contribution < 1.29 is 0 Å². The molecule has 5 heteroatoms. The van der Waals surface area contributed by atoms with Gasteiger partial charge in [-0.25, -0.2) is 0 Å². The van der Waals surface area contributed by atoms with Crippen molar-refractivity contribution in [3.63, 3.8) is 0 Å². The van der Waals surface area contributed by atoms with Gasteiger partial charge in [-0.1, -0.05) is 30.1 Å². The smallest absolute Gasteiger partial charge is 0.0620 e. The van der Waals surface area contributed by atoms with E-state index in [-0.39, 0.29) is 6.04 Å². The van der Waals surface area contributed by atoms with E-state index in [0.29, 0.717) is 10.0 Å². The summed E-state index contributed by atoms with van der Waals surface area (Å²) in [5, 5.41) is 9.00. The van der Waals surface area contributed by atoms with E-state index in [1.54, 1.807) is 6.07 Å². The Morgan fingerprint density at radius 2 is 2.16 bits per heavy atom. The van der Waals surface area contributed by atoms with Crippen LogP contribution in [0, 0.1) is 0 Å². The summed E-state index contributed by atoms with van der Waals surface area (Å²) in [5.74, 6) is 0. The summed E-state index contributed by atoms with van der Waals surface area (Å²) in [6.07, 6.45) is 4.97. The average molecular weight is 298 g/mol. The van der Waals surface area contributed by atoms with E-state index in [1.165, 1.54) is 0 Å². The van der Waals surface area contributed by atoms with Crippen LogP contribution in [0.25, 0.3) is 0 Å². The molecule has 0 aliphatic carbocycles. The number of halogens is 2. The third-order valence-electron chi connectivity index (χ3n) is 3.00. The van der Waals surface area contributed by atoms with Crippen LogP contribution in [-0.2, 0) is 6.54 Å². The van der Waals surface area contributed by atoms with Gasteiger partial charge in [0.2, 0.25) is 0 Å². The quantitative estimate of drug-likeness (QED) is 0.907. The van der Waals surface area contributed by atoms with E-state index in [4.69, 9.17) is 23.2 Å². The maximum atomic E-state index is 6.26. The molecule has 0 bridgehead atoms. The lowest BCUT2D eigenvalue weighted by atomic mass is 10.0. The first-order valence-corrected chi connectivity index (χ1v) is 7.06. The van der Waals surface area contributed by atoms with Crippen LogP contribution in [0.15, 0.2) is 30.6 Å². The molecule has 19 heavy (non-hydrogen) atoms. The van der Waals surface area contributed by atoms with E-state index in [0.717, 1.165) is 24.1 Å². The highest BCUT2D eigenvalue weighted by molar-refractivity contribution is 6.33. The van der Waals surface area contributed by atoms with Crippen LogP contribution < -0.4 is 5.32 Å². The van der Waals surface area contributed by atoms with E-state index in [9.17, 15) is 0 Å². The van der Waals surface area contributed by atoms with Gasteiger partial charge in [0.1, 0.15) is 0 Å². The van der Waals surface area contributed by atoms with E-state index >= 15 is 0 Å². The van der Waals surface area contributed by atoms with Crippen molar-refractivity contribution in [2.45, 2.75) is 25.9 Å². The zero-order valence-corrected chi connectivity index (χ0v) is 12.5. The molecule has 102 valence electrons.